The van der Waals surface area contributed by atoms with E-state index in [-0.39, 0.29) is 12.5 Å². The molecule has 146 valence electrons. The first-order chi connectivity index (χ1) is 13.6. The highest BCUT2D eigenvalue weighted by molar-refractivity contribution is 6.04. The Labute approximate surface area is 164 Å². The molecule has 1 heterocycles. The van der Waals surface area contributed by atoms with Gasteiger partial charge in [-0.1, -0.05) is 37.1 Å². The quantitative estimate of drug-likeness (QED) is 0.533. The molecule has 3 rings (SSSR count). The fourth-order valence-electron chi connectivity index (χ4n) is 2.79. The van der Waals surface area contributed by atoms with Crippen molar-refractivity contribution in [3.8, 4) is 5.75 Å². The van der Waals surface area contributed by atoms with E-state index in [4.69, 9.17) is 9.26 Å². The number of aromatic nitrogens is 2. The monoisotopic (exact) mass is 379 g/mol. The summed E-state index contributed by atoms with van der Waals surface area (Å²) in [6.45, 7) is 4.14. The van der Waals surface area contributed by atoms with E-state index in [1.807, 2.05) is 12.1 Å². The maximum absolute atomic E-state index is 12.4. The van der Waals surface area contributed by atoms with Crippen LogP contribution < -0.4 is 10.1 Å². The molecule has 0 spiro atoms. The van der Waals surface area contributed by atoms with Gasteiger partial charge in [0.1, 0.15) is 5.75 Å². The minimum Gasteiger partial charge on any atom is -0.485 e. The van der Waals surface area contributed by atoms with Gasteiger partial charge in [0.15, 0.2) is 6.61 Å². The predicted octanol–water partition coefficient (Wildman–Crippen LogP) is 4.94. The second-order valence-corrected chi connectivity index (χ2v) is 6.65. The molecule has 1 amide bonds. The number of rotatable bonds is 9. The highest BCUT2D eigenvalue weighted by Crippen LogP contribution is 2.16. The lowest BCUT2D eigenvalue weighted by atomic mass is 10.1. The molecule has 1 N–H and O–H groups in total. The number of hydrogen-bond donors (Lipinski definition) is 1. The molecule has 0 radical (unpaired) electrons. The number of unbranched alkanes of at least 4 members (excludes halogenated alkanes) is 2. The first-order valence-corrected chi connectivity index (χ1v) is 9.56. The van der Waals surface area contributed by atoms with E-state index in [0.717, 1.165) is 12.1 Å². The van der Waals surface area contributed by atoms with Gasteiger partial charge in [0.2, 0.25) is 11.7 Å². The van der Waals surface area contributed by atoms with Crippen molar-refractivity contribution in [1.29, 1.82) is 0 Å². The van der Waals surface area contributed by atoms with E-state index in [1.54, 1.807) is 31.2 Å². The zero-order valence-electron chi connectivity index (χ0n) is 16.3. The maximum Gasteiger partial charge on any atom is 0.255 e. The molecule has 0 fully saturated rings. The topological polar surface area (TPSA) is 77.2 Å². The van der Waals surface area contributed by atoms with E-state index < -0.39 is 0 Å². The van der Waals surface area contributed by atoms with Gasteiger partial charge in [0, 0.05) is 18.2 Å². The Balaban J connectivity index is 1.51. The summed E-state index contributed by atoms with van der Waals surface area (Å²) in [4.78, 5) is 16.5. The Kier molecular flexibility index (Phi) is 6.78. The van der Waals surface area contributed by atoms with Gasteiger partial charge < -0.3 is 14.6 Å². The van der Waals surface area contributed by atoms with E-state index in [0.29, 0.717) is 23.0 Å². The third kappa shape index (κ3) is 5.67. The van der Waals surface area contributed by atoms with Crippen molar-refractivity contribution in [1.82, 2.24) is 10.1 Å². The van der Waals surface area contributed by atoms with Crippen LogP contribution in [0.25, 0.3) is 0 Å². The largest absolute Gasteiger partial charge is 0.485 e. The van der Waals surface area contributed by atoms with Crippen LogP contribution in [-0.4, -0.2) is 16.0 Å². The lowest BCUT2D eigenvalue weighted by Gasteiger charge is -2.08. The van der Waals surface area contributed by atoms with Gasteiger partial charge in [-0.05, 0) is 54.8 Å². The minimum atomic E-state index is -0.154. The second kappa shape index (κ2) is 9.69. The van der Waals surface area contributed by atoms with E-state index in [1.165, 1.54) is 24.8 Å². The summed E-state index contributed by atoms with van der Waals surface area (Å²) in [6, 6.07) is 15.0. The summed E-state index contributed by atoms with van der Waals surface area (Å²) in [6.07, 6.45) is 4.73. The fraction of sp³-hybridized carbons (Fsp3) is 0.318. The smallest absolute Gasteiger partial charge is 0.255 e. The van der Waals surface area contributed by atoms with Gasteiger partial charge >= 0.3 is 0 Å². The van der Waals surface area contributed by atoms with Crippen LogP contribution in [0.4, 0.5) is 5.69 Å². The van der Waals surface area contributed by atoms with Crippen LogP contribution in [0.15, 0.2) is 53.1 Å². The van der Waals surface area contributed by atoms with Gasteiger partial charge in [-0.3, -0.25) is 4.79 Å². The number of aryl methyl sites for hydroxylation is 2. The molecule has 2 aromatic carbocycles. The lowest BCUT2D eigenvalue weighted by molar-refractivity contribution is 0.102. The van der Waals surface area contributed by atoms with Crippen LogP contribution in [0.5, 0.6) is 5.75 Å². The highest BCUT2D eigenvalue weighted by atomic mass is 16.5. The molecule has 1 aromatic heterocycles. The molecule has 3 aromatic rings. The third-order valence-corrected chi connectivity index (χ3v) is 4.33. The van der Waals surface area contributed by atoms with E-state index in [9.17, 15) is 4.79 Å². The number of amides is 1. The van der Waals surface area contributed by atoms with Crippen LogP contribution in [0.3, 0.4) is 0 Å². The van der Waals surface area contributed by atoms with Crippen molar-refractivity contribution in [2.75, 3.05) is 5.32 Å². The lowest BCUT2D eigenvalue weighted by Crippen LogP contribution is -2.11. The van der Waals surface area contributed by atoms with Crippen molar-refractivity contribution in [3.63, 3.8) is 0 Å². The van der Waals surface area contributed by atoms with Crippen LogP contribution in [0, 0.1) is 6.92 Å². The van der Waals surface area contributed by atoms with Crippen LogP contribution in [-0.2, 0) is 13.0 Å². The number of nitrogens with zero attached hydrogens (tertiary/aromatic N) is 2. The number of anilines is 1. The van der Waals surface area contributed by atoms with Crippen molar-refractivity contribution in [2.45, 2.75) is 46.1 Å². The van der Waals surface area contributed by atoms with E-state index in [2.05, 4.69) is 34.5 Å². The molecule has 0 saturated heterocycles. The zero-order valence-corrected chi connectivity index (χ0v) is 16.3. The number of ether oxygens (including phenoxy) is 1. The Morgan fingerprint density at radius 3 is 2.46 bits per heavy atom. The van der Waals surface area contributed by atoms with Gasteiger partial charge in [-0.2, -0.15) is 4.98 Å². The summed E-state index contributed by atoms with van der Waals surface area (Å²) in [5.74, 6) is 1.46. The Bertz CT molecular complexity index is 886. The van der Waals surface area contributed by atoms with Gasteiger partial charge in [0.05, 0.1) is 0 Å². The summed E-state index contributed by atoms with van der Waals surface area (Å²) >= 11 is 0. The summed E-state index contributed by atoms with van der Waals surface area (Å²) in [5.41, 5.74) is 2.65. The van der Waals surface area contributed by atoms with Gasteiger partial charge in [-0.25, -0.2) is 0 Å². The SMILES string of the molecule is CCCCCc1ccc(NC(=O)c2ccc(OCc3noc(C)n3)cc2)cc1. The molecule has 0 atom stereocenters. The van der Waals surface area contributed by atoms with Crippen molar-refractivity contribution < 1.29 is 14.1 Å². The first kappa shape index (κ1) is 19.6. The van der Waals surface area contributed by atoms with Crippen molar-refractivity contribution >= 4 is 11.6 Å². The summed E-state index contributed by atoms with van der Waals surface area (Å²) in [7, 11) is 0. The number of hydrogen-bond acceptors (Lipinski definition) is 5. The highest BCUT2D eigenvalue weighted by Gasteiger charge is 2.08. The number of carbonyl (C=O) groups excluding carboxylic acids is 1. The average Bonchev–Trinajstić information content (AvgIpc) is 3.13. The summed E-state index contributed by atoms with van der Waals surface area (Å²) in [5, 5.41) is 6.70. The molecule has 0 saturated carbocycles. The third-order valence-electron chi connectivity index (χ3n) is 4.33. The Hall–Kier alpha value is -3.15. The fourth-order valence-corrected chi connectivity index (χ4v) is 2.79. The van der Waals surface area contributed by atoms with Gasteiger partial charge in [-0.15, -0.1) is 0 Å². The Morgan fingerprint density at radius 1 is 1.07 bits per heavy atom. The molecule has 28 heavy (non-hydrogen) atoms. The normalized spacial score (nSPS) is 10.6. The van der Waals surface area contributed by atoms with Crippen molar-refractivity contribution in [2.24, 2.45) is 0 Å². The number of carbonyl (C=O) groups is 1. The molecule has 0 aliphatic rings. The van der Waals surface area contributed by atoms with Crippen LogP contribution in [0.1, 0.15) is 53.8 Å². The van der Waals surface area contributed by atoms with Crippen molar-refractivity contribution in [3.05, 3.63) is 71.4 Å². The maximum atomic E-state index is 12.4. The first-order valence-electron chi connectivity index (χ1n) is 9.56. The molecular formula is C22H25N3O3. The molecule has 6 heteroatoms. The second-order valence-electron chi connectivity index (χ2n) is 6.65. The predicted molar refractivity (Wildman–Crippen MR) is 107 cm³/mol. The van der Waals surface area contributed by atoms with Gasteiger partial charge in [0.25, 0.3) is 5.91 Å². The summed E-state index contributed by atoms with van der Waals surface area (Å²) < 4.78 is 10.5. The molecule has 6 nitrogen and oxygen atoms in total. The average molecular weight is 379 g/mol. The molecule has 0 aliphatic carbocycles. The molecule has 0 unspecified atom stereocenters. The molecule has 0 aliphatic heterocycles. The zero-order chi connectivity index (χ0) is 19.8. The Morgan fingerprint density at radius 2 is 1.82 bits per heavy atom. The van der Waals surface area contributed by atoms with E-state index >= 15 is 0 Å². The van der Waals surface area contributed by atoms with Crippen LogP contribution >= 0.6 is 0 Å². The molecule has 0 bridgehead atoms. The number of benzene rings is 2. The van der Waals surface area contributed by atoms with Crippen LogP contribution in [0.2, 0.25) is 0 Å². The molecular weight excluding hydrogens is 354 g/mol. The number of nitrogens with one attached hydrogen (secondary N) is 1. The minimum absolute atomic E-state index is 0.154. The standard InChI is InChI=1S/C22H25N3O3/c1-3-4-5-6-17-7-11-19(12-8-17)24-22(26)18-9-13-20(14-10-18)27-15-21-23-16(2)28-25-21/h7-14H,3-6,15H2,1-2H3,(H,24,26).